The van der Waals surface area contributed by atoms with Gasteiger partial charge in [-0.1, -0.05) is 13.8 Å². The van der Waals surface area contributed by atoms with Crippen LogP contribution in [0.5, 0.6) is 0 Å². The molecule has 1 aliphatic rings. The van der Waals surface area contributed by atoms with Crippen LogP contribution in [-0.2, 0) is 14.3 Å². The number of hydrogen-bond donors (Lipinski definition) is 1. The molecule has 0 spiro atoms. The van der Waals surface area contributed by atoms with Crippen molar-refractivity contribution in [3.8, 4) is 0 Å². The molecule has 94 valence electrons. The van der Waals surface area contributed by atoms with Crippen molar-refractivity contribution in [3.63, 3.8) is 0 Å². The van der Waals surface area contributed by atoms with Crippen LogP contribution in [0.4, 0.5) is 0 Å². The Hall–Kier alpha value is -0.610. The van der Waals surface area contributed by atoms with Gasteiger partial charge in [-0.25, -0.2) is 4.79 Å². The molecule has 1 N–H and O–H groups in total. The Morgan fingerprint density at radius 3 is 2.44 bits per heavy atom. The van der Waals surface area contributed by atoms with Gasteiger partial charge in [0.1, 0.15) is 5.54 Å². The Kier molecular flexibility index (Phi) is 4.74. The second-order valence-corrected chi connectivity index (χ2v) is 4.87. The summed E-state index contributed by atoms with van der Waals surface area (Å²) in [6.07, 6.45) is 2.52. The summed E-state index contributed by atoms with van der Waals surface area (Å²) in [6, 6.07) is 0. The van der Waals surface area contributed by atoms with Crippen molar-refractivity contribution >= 4 is 5.97 Å². The lowest BCUT2D eigenvalue weighted by Crippen LogP contribution is -2.60. The molecule has 0 aromatic carbocycles. The molecular weight excluding hydrogens is 206 g/mol. The van der Waals surface area contributed by atoms with Gasteiger partial charge in [0.15, 0.2) is 0 Å². The van der Waals surface area contributed by atoms with E-state index in [1.807, 2.05) is 13.8 Å². The van der Waals surface area contributed by atoms with Gasteiger partial charge in [0, 0.05) is 7.11 Å². The van der Waals surface area contributed by atoms with Gasteiger partial charge in [-0.15, -0.1) is 0 Å². The zero-order chi connectivity index (χ0) is 12.2. The van der Waals surface area contributed by atoms with E-state index < -0.39 is 5.54 Å². The lowest BCUT2D eigenvalue weighted by molar-refractivity contribution is -0.153. The molecular formula is C12H23NO3. The summed E-state index contributed by atoms with van der Waals surface area (Å²) in [4.78, 5) is 11.9. The van der Waals surface area contributed by atoms with Crippen molar-refractivity contribution in [1.82, 2.24) is 5.32 Å². The fraction of sp³-hybridized carbons (Fsp3) is 0.917. The number of rotatable bonds is 7. The quantitative estimate of drug-likeness (QED) is 0.666. The van der Waals surface area contributed by atoms with Crippen LogP contribution in [0.2, 0.25) is 0 Å². The largest absolute Gasteiger partial charge is 0.468 e. The molecule has 1 fully saturated rings. The van der Waals surface area contributed by atoms with Crippen LogP contribution in [-0.4, -0.2) is 38.9 Å². The summed E-state index contributed by atoms with van der Waals surface area (Å²) in [6.45, 7) is 5.24. The van der Waals surface area contributed by atoms with Crippen LogP contribution in [0.25, 0.3) is 0 Å². The van der Waals surface area contributed by atoms with Crippen LogP contribution in [0.1, 0.15) is 26.7 Å². The maximum absolute atomic E-state index is 11.9. The van der Waals surface area contributed by atoms with Gasteiger partial charge in [-0.05, 0) is 31.2 Å². The number of nitrogens with one attached hydrogen (secondary N) is 1. The summed E-state index contributed by atoms with van der Waals surface area (Å²) in [7, 11) is 3.03. The number of hydrogen-bond acceptors (Lipinski definition) is 4. The molecule has 4 nitrogen and oxygen atoms in total. The molecule has 0 amide bonds. The molecule has 0 aromatic rings. The Morgan fingerprint density at radius 2 is 2.06 bits per heavy atom. The molecule has 4 heteroatoms. The molecule has 1 rings (SSSR count). The topological polar surface area (TPSA) is 47.6 Å². The third-order valence-electron chi connectivity index (χ3n) is 3.31. The van der Waals surface area contributed by atoms with Gasteiger partial charge < -0.3 is 9.47 Å². The van der Waals surface area contributed by atoms with Crippen molar-refractivity contribution < 1.29 is 14.3 Å². The lowest BCUT2D eigenvalue weighted by atomic mass is 9.86. The number of carbonyl (C=O) groups is 1. The van der Waals surface area contributed by atoms with E-state index in [9.17, 15) is 4.79 Å². The minimum Gasteiger partial charge on any atom is -0.468 e. The first-order chi connectivity index (χ1) is 7.56. The zero-order valence-corrected chi connectivity index (χ0v) is 10.7. The SMILES string of the molecule is COCC(NCC1CC1)(C(=O)OC)C(C)C. The summed E-state index contributed by atoms with van der Waals surface area (Å²) in [5.74, 6) is 0.628. The average molecular weight is 229 g/mol. The fourth-order valence-corrected chi connectivity index (χ4v) is 1.85. The van der Waals surface area contributed by atoms with E-state index in [1.54, 1.807) is 7.11 Å². The summed E-state index contributed by atoms with van der Waals surface area (Å²) < 4.78 is 10.1. The van der Waals surface area contributed by atoms with Crippen LogP contribution in [0.3, 0.4) is 0 Å². The molecule has 16 heavy (non-hydrogen) atoms. The second kappa shape index (κ2) is 5.64. The molecule has 0 bridgehead atoms. The predicted octanol–water partition coefficient (Wildman–Crippen LogP) is 1.20. The molecule has 0 saturated heterocycles. The Labute approximate surface area is 97.7 Å². The van der Waals surface area contributed by atoms with E-state index in [0.717, 1.165) is 12.5 Å². The average Bonchev–Trinajstić information content (AvgIpc) is 3.06. The Morgan fingerprint density at radius 1 is 1.44 bits per heavy atom. The van der Waals surface area contributed by atoms with E-state index >= 15 is 0 Å². The van der Waals surface area contributed by atoms with Crippen LogP contribution in [0, 0.1) is 11.8 Å². The lowest BCUT2D eigenvalue weighted by Gasteiger charge is -2.35. The smallest absolute Gasteiger partial charge is 0.328 e. The molecule has 1 atom stereocenters. The van der Waals surface area contributed by atoms with Gasteiger partial charge in [0.05, 0.1) is 13.7 Å². The van der Waals surface area contributed by atoms with Gasteiger partial charge in [0.25, 0.3) is 0 Å². The first-order valence-corrected chi connectivity index (χ1v) is 5.89. The highest BCUT2D eigenvalue weighted by Gasteiger charge is 2.43. The first-order valence-electron chi connectivity index (χ1n) is 5.89. The number of ether oxygens (including phenoxy) is 2. The minimum atomic E-state index is -0.702. The third kappa shape index (κ3) is 2.95. The monoisotopic (exact) mass is 229 g/mol. The predicted molar refractivity (Wildman–Crippen MR) is 62.2 cm³/mol. The minimum absolute atomic E-state index is 0.138. The van der Waals surface area contributed by atoms with Gasteiger partial charge in [-0.3, -0.25) is 5.32 Å². The van der Waals surface area contributed by atoms with Crippen molar-refractivity contribution in [1.29, 1.82) is 0 Å². The summed E-state index contributed by atoms with van der Waals surface area (Å²) >= 11 is 0. The van der Waals surface area contributed by atoms with E-state index in [0.29, 0.717) is 6.61 Å². The third-order valence-corrected chi connectivity index (χ3v) is 3.31. The summed E-state index contributed by atoms with van der Waals surface area (Å²) in [5.41, 5.74) is -0.702. The second-order valence-electron chi connectivity index (χ2n) is 4.87. The van der Waals surface area contributed by atoms with Crippen LogP contribution >= 0.6 is 0 Å². The normalized spacial score (nSPS) is 19.6. The molecule has 0 aliphatic heterocycles. The van der Waals surface area contributed by atoms with Crippen molar-refractivity contribution in [2.45, 2.75) is 32.2 Å². The van der Waals surface area contributed by atoms with Crippen molar-refractivity contribution in [3.05, 3.63) is 0 Å². The standard InChI is InChI=1S/C12H23NO3/c1-9(2)12(8-15-3,11(14)16-4)13-7-10-5-6-10/h9-10,13H,5-8H2,1-4H3. The van der Waals surface area contributed by atoms with E-state index in [2.05, 4.69) is 5.32 Å². The van der Waals surface area contributed by atoms with E-state index in [1.165, 1.54) is 20.0 Å². The van der Waals surface area contributed by atoms with E-state index in [4.69, 9.17) is 9.47 Å². The Balaban J connectivity index is 2.71. The molecule has 0 aromatic heterocycles. The molecule has 1 saturated carbocycles. The van der Waals surface area contributed by atoms with E-state index in [-0.39, 0.29) is 11.9 Å². The van der Waals surface area contributed by atoms with Crippen LogP contribution < -0.4 is 5.32 Å². The molecule has 0 heterocycles. The fourth-order valence-electron chi connectivity index (χ4n) is 1.85. The first kappa shape index (κ1) is 13.5. The van der Waals surface area contributed by atoms with Crippen molar-refractivity contribution in [2.75, 3.05) is 27.4 Å². The summed E-state index contributed by atoms with van der Waals surface area (Å²) in [5, 5.41) is 3.35. The van der Waals surface area contributed by atoms with Crippen LogP contribution in [0.15, 0.2) is 0 Å². The number of carbonyl (C=O) groups excluding carboxylic acids is 1. The zero-order valence-electron chi connectivity index (χ0n) is 10.7. The van der Waals surface area contributed by atoms with Gasteiger partial charge in [0.2, 0.25) is 0 Å². The maximum atomic E-state index is 11.9. The number of methoxy groups -OCH3 is 2. The van der Waals surface area contributed by atoms with Crippen molar-refractivity contribution in [2.24, 2.45) is 11.8 Å². The molecule has 1 unspecified atom stereocenters. The molecule has 0 radical (unpaired) electrons. The maximum Gasteiger partial charge on any atom is 0.328 e. The van der Waals surface area contributed by atoms with Gasteiger partial charge >= 0.3 is 5.97 Å². The highest BCUT2D eigenvalue weighted by Crippen LogP contribution is 2.29. The van der Waals surface area contributed by atoms with Gasteiger partial charge in [-0.2, -0.15) is 0 Å². The Bertz CT molecular complexity index is 238. The highest BCUT2D eigenvalue weighted by molar-refractivity contribution is 5.81. The highest BCUT2D eigenvalue weighted by atomic mass is 16.5. The number of esters is 1. The molecule has 1 aliphatic carbocycles.